The lowest BCUT2D eigenvalue weighted by atomic mass is 10.2. The third kappa shape index (κ3) is 3.98. The van der Waals surface area contributed by atoms with Gasteiger partial charge in [-0.3, -0.25) is 4.79 Å². The number of hydrogen-bond donors (Lipinski definition) is 2. The van der Waals surface area contributed by atoms with Gasteiger partial charge in [0.1, 0.15) is 23.2 Å². The fourth-order valence-electron chi connectivity index (χ4n) is 1.78. The predicted octanol–water partition coefficient (Wildman–Crippen LogP) is 2.62. The topological polar surface area (TPSA) is 86.3 Å². The van der Waals surface area contributed by atoms with Gasteiger partial charge in [-0.2, -0.15) is 5.26 Å². The number of furan rings is 1. The Morgan fingerprint density at radius 3 is 2.91 bits per heavy atom. The summed E-state index contributed by atoms with van der Waals surface area (Å²) in [6, 6.07) is 12.4. The number of carbonyl (C=O) groups excluding carboxylic acids is 1. The molecule has 2 rings (SSSR count). The molecular formula is C16H13ClN2O3. The summed E-state index contributed by atoms with van der Waals surface area (Å²) in [6.07, 6.45) is 1.35. The van der Waals surface area contributed by atoms with Crippen LogP contribution >= 0.6 is 11.6 Å². The van der Waals surface area contributed by atoms with Crippen molar-refractivity contribution in [1.82, 2.24) is 5.32 Å². The number of nitrogens with one attached hydrogen (secondary N) is 1. The monoisotopic (exact) mass is 316 g/mol. The standard InChI is InChI=1S/C16H13ClN2O3/c17-13-3-1-2-11(8-13)15-5-4-14(22-15)9-12(10-18)16(21)19-6-7-20/h1-5,8-9,20H,6-7H2,(H,19,21). The number of aliphatic hydroxyl groups excluding tert-OH is 1. The Balaban J connectivity index is 2.22. The van der Waals surface area contributed by atoms with E-state index < -0.39 is 5.91 Å². The highest BCUT2D eigenvalue weighted by Gasteiger charge is 2.10. The summed E-state index contributed by atoms with van der Waals surface area (Å²) in [5.74, 6) is 0.407. The van der Waals surface area contributed by atoms with E-state index >= 15 is 0 Å². The zero-order valence-corrected chi connectivity index (χ0v) is 12.3. The second kappa shape index (κ2) is 7.46. The van der Waals surface area contributed by atoms with Crippen LogP contribution in [0.5, 0.6) is 0 Å². The Kier molecular flexibility index (Phi) is 5.37. The minimum atomic E-state index is -0.558. The summed E-state index contributed by atoms with van der Waals surface area (Å²) >= 11 is 5.93. The Morgan fingerprint density at radius 1 is 1.41 bits per heavy atom. The van der Waals surface area contributed by atoms with Crippen LogP contribution in [0.25, 0.3) is 17.4 Å². The summed E-state index contributed by atoms with van der Waals surface area (Å²) in [6.45, 7) is -0.103. The van der Waals surface area contributed by atoms with E-state index in [4.69, 9.17) is 26.4 Å². The molecule has 0 spiro atoms. The molecular weight excluding hydrogens is 304 g/mol. The number of hydrogen-bond acceptors (Lipinski definition) is 4. The van der Waals surface area contributed by atoms with Crippen molar-refractivity contribution in [3.63, 3.8) is 0 Å². The number of rotatable bonds is 5. The molecule has 112 valence electrons. The highest BCUT2D eigenvalue weighted by molar-refractivity contribution is 6.30. The fourth-order valence-corrected chi connectivity index (χ4v) is 1.97. The molecule has 0 unspecified atom stereocenters. The summed E-state index contributed by atoms with van der Waals surface area (Å²) in [4.78, 5) is 11.7. The molecule has 0 bridgehead atoms. The second-order valence-corrected chi connectivity index (χ2v) is 4.80. The van der Waals surface area contributed by atoms with Crippen molar-refractivity contribution < 1.29 is 14.3 Å². The first-order valence-corrected chi connectivity index (χ1v) is 6.88. The quantitative estimate of drug-likeness (QED) is 0.656. The molecule has 0 radical (unpaired) electrons. The number of halogens is 1. The number of amides is 1. The summed E-state index contributed by atoms with van der Waals surface area (Å²) in [7, 11) is 0. The van der Waals surface area contributed by atoms with Gasteiger partial charge in [0.15, 0.2) is 0 Å². The van der Waals surface area contributed by atoms with Gasteiger partial charge in [0.25, 0.3) is 5.91 Å². The second-order valence-electron chi connectivity index (χ2n) is 4.36. The van der Waals surface area contributed by atoms with Crippen molar-refractivity contribution in [2.45, 2.75) is 0 Å². The minimum absolute atomic E-state index is 0.0871. The Hall–Kier alpha value is -2.55. The Bertz CT molecular complexity index is 744. The highest BCUT2D eigenvalue weighted by atomic mass is 35.5. The van der Waals surface area contributed by atoms with Gasteiger partial charge < -0.3 is 14.8 Å². The van der Waals surface area contributed by atoms with E-state index in [1.54, 1.807) is 36.4 Å². The third-order valence-electron chi connectivity index (χ3n) is 2.78. The van der Waals surface area contributed by atoms with Gasteiger partial charge in [-0.1, -0.05) is 23.7 Å². The molecule has 1 aromatic carbocycles. The van der Waals surface area contributed by atoms with Crippen molar-refractivity contribution >= 4 is 23.6 Å². The van der Waals surface area contributed by atoms with Gasteiger partial charge >= 0.3 is 0 Å². The normalized spacial score (nSPS) is 11.0. The van der Waals surface area contributed by atoms with Crippen molar-refractivity contribution in [3.05, 3.63) is 52.8 Å². The largest absolute Gasteiger partial charge is 0.457 e. The minimum Gasteiger partial charge on any atom is -0.457 e. The number of benzene rings is 1. The van der Waals surface area contributed by atoms with E-state index in [-0.39, 0.29) is 18.7 Å². The molecule has 22 heavy (non-hydrogen) atoms. The molecule has 2 aromatic rings. The summed E-state index contributed by atoms with van der Waals surface area (Å²) in [5, 5.41) is 20.7. The molecule has 0 aliphatic carbocycles. The maximum atomic E-state index is 11.7. The van der Waals surface area contributed by atoms with Gasteiger partial charge in [0.05, 0.1) is 6.61 Å². The molecule has 0 atom stereocenters. The van der Waals surface area contributed by atoms with Crippen LogP contribution in [0.2, 0.25) is 5.02 Å². The third-order valence-corrected chi connectivity index (χ3v) is 3.02. The summed E-state index contributed by atoms with van der Waals surface area (Å²) in [5.41, 5.74) is 0.704. The fraction of sp³-hybridized carbons (Fsp3) is 0.125. The molecule has 6 heteroatoms. The van der Waals surface area contributed by atoms with Crippen molar-refractivity contribution in [2.24, 2.45) is 0 Å². The van der Waals surface area contributed by atoms with Gasteiger partial charge in [-0.25, -0.2) is 0 Å². The van der Waals surface area contributed by atoms with E-state index in [0.29, 0.717) is 16.5 Å². The van der Waals surface area contributed by atoms with Crippen molar-refractivity contribution in [1.29, 1.82) is 5.26 Å². The Labute approximate surface area is 132 Å². The zero-order valence-electron chi connectivity index (χ0n) is 11.5. The number of carbonyl (C=O) groups is 1. The molecule has 5 nitrogen and oxygen atoms in total. The SMILES string of the molecule is N#CC(=Cc1ccc(-c2cccc(Cl)c2)o1)C(=O)NCCO. The first-order chi connectivity index (χ1) is 10.6. The average molecular weight is 317 g/mol. The van der Waals surface area contributed by atoms with Crippen molar-refractivity contribution in [2.75, 3.05) is 13.2 Å². The molecule has 1 aromatic heterocycles. The van der Waals surface area contributed by atoms with Crippen LogP contribution in [0.4, 0.5) is 0 Å². The van der Waals surface area contributed by atoms with Crippen LogP contribution in [-0.4, -0.2) is 24.2 Å². The summed E-state index contributed by atoms with van der Waals surface area (Å²) < 4.78 is 5.60. The van der Waals surface area contributed by atoms with Crippen LogP contribution in [0.15, 0.2) is 46.4 Å². The molecule has 2 N–H and O–H groups in total. The maximum Gasteiger partial charge on any atom is 0.262 e. The average Bonchev–Trinajstić information content (AvgIpc) is 2.99. The Morgan fingerprint density at radius 2 is 2.23 bits per heavy atom. The van der Waals surface area contributed by atoms with Crippen LogP contribution < -0.4 is 5.32 Å². The van der Waals surface area contributed by atoms with E-state index in [1.165, 1.54) is 6.08 Å². The highest BCUT2D eigenvalue weighted by Crippen LogP contribution is 2.25. The van der Waals surface area contributed by atoms with Crippen LogP contribution in [0, 0.1) is 11.3 Å². The van der Waals surface area contributed by atoms with E-state index in [0.717, 1.165) is 5.56 Å². The molecule has 0 fully saturated rings. The lowest BCUT2D eigenvalue weighted by Gasteiger charge is -2.00. The molecule has 0 aliphatic heterocycles. The lowest BCUT2D eigenvalue weighted by Crippen LogP contribution is -2.27. The number of nitriles is 1. The van der Waals surface area contributed by atoms with Crippen molar-refractivity contribution in [3.8, 4) is 17.4 Å². The first-order valence-electron chi connectivity index (χ1n) is 6.50. The smallest absolute Gasteiger partial charge is 0.262 e. The first kappa shape index (κ1) is 15.8. The van der Waals surface area contributed by atoms with E-state index in [1.807, 2.05) is 6.07 Å². The van der Waals surface area contributed by atoms with Crippen LogP contribution in [0.1, 0.15) is 5.76 Å². The lowest BCUT2D eigenvalue weighted by molar-refractivity contribution is -0.117. The predicted molar refractivity (Wildman–Crippen MR) is 82.8 cm³/mol. The molecule has 1 amide bonds. The van der Waals surface area contributed by atoms with Crippen LogP contribution in [-0.2, 0) is 4.79 Å². The number of aliphatic hydroxyl groups is 1. The van der Waals surface area contributed by atoms with E-state index in [2.05, 4.69) is 5.32 Å². The van der Waals surface area contributed by atoms with Gasteiger partial charge in [-0.15, -0.1) is 0 Å². The van der Waals surface area contributed by atoms with Gasteiger partial charge in [0.2, 0.25) is 0 Å². The maximum absolute atomic E-state index is 11.7. The zero-order chi connectivity index (χ0) is 15.9. The number of nitrogens with zero attached hydrogens (tertiary/aromatic N) is 1. The molecule has 0 aliphatic rings. The van der Waals surface area contributed by atoms with Gasteiger partial charge in [-0.05, 0) is 24.3 Å². The molecule has 0 saturated heterocycles. The molecule has 1 heterocycles. The van der Waals surface area contributed by atoms with E-state index in [9.17, 15) is 4.79 Å². The van der Waals surface area contributed by atoms with Gasteiger partial charge in [0, 0.05) is 23.2 Å². The van der Waals surface area contributed by atoms with Crippen LogP contribution in [0.3, 0.4) is 0 Å². The molecule has 0 saturated carbocycles.